The number of nitro benzene ring substituents is 1. The Morgan fingerprint density at radius 1 is 1.24 bits per heavy atom. The van der Waals surface area contributed by atoms with Crippen LogP contribution < -0.4 is 5.32 Å². The molecule has 1 amide bonds. The molecule has 1 aromatic heterocycles. The van der Waals surface area contributed by atoms with E-state index in [4.69, 9.17) is 11.6 Å². The van der Waals surface area contributed by atoms with Gasteiger partial charge in [0.05, 0.1) is 15.5 Å². The molecular formula is C17H12ClN3O3S. The van der Waals surface area contributed by atoms with Crippen LogP contribution in [-0.2, 0) is 6.42 Å². The van der Waals surface area contributed by atoms with Crippen molar-refractivity contribution in [1.29, 1.82) is 0 Å². The third-order valence-corrected chi connectivity index (χ3v) is 4.63. The van der Waals surface area contributed by atoms with E-state index < -0.39 is 10.8 Å². The second kappa shape index (κ2) is 7.42. The summed E-state index contributed by atoms with van der Waals surface area (Å²) in [4.78, 5) is 27.6. The maximum atomic E-state index is 12.3. The molecule has 6 nitrogen and oxygen atoms in total. The zero-order valence-electron chi connectivity index (χ0n) is 12.8. The zero-order valence-corrected chi connectivity index (χ0v) is 14.4. The number of nitrogens with zero attached hydrogens (tertiary/aromatic N) is 2. The van der Waals surface area contributed by atoms with Crippen molar-refractivity contribution in [3.05, 3.63) is 85.9 Å². The summed E-state index contributed by atoms with van der Waals surface area (Å²) >= 11 is 7.34. The minimum atomic E-state index is -0.565. The molecule has 0 saturated heterocycles. The fourth-order valence-electron chi connectivity index (χ4n) is 2.21. The molecule has 0 bridgehead atoms. The molecular weight excluding hydrogens is 362 g/mol. The highest BCUT2D eigenvalue weighted by atomic mass is 35.5. The lowest BCUT2D eigenvalue weighted by atomic mass is 10.1. The first-order valence-electron chi connectivity index (χ1n) is 7.27. The molecule has 3 rings (SSSR count). The standard InChI is InChI=1S/C17H12ClN3O3S/c18-15-9-12(21(23)24)6-7-14(15)16(22)20-17-19-10-13(25-17)8-11-4-2-1-3-5-11/h1-7,9-10H,8H2,(H,19,20,22). The molecule has 1 N–H and O–H groups in total. The highest BCUT2D eigenvalue weighted by Gasteiger charge is 2.16. The third kappa shape index (κ3) is 4.20. The van der Waals surface area contributed by atoms with Gasteiger partial charge in [0.1, 0.15) is 0 Å². The largest absolute Gasteiger partial charge is 0.298 e. The average molecular weight is 374 g/mol. The predicted octanol–water partition coefficient (Wildman–Crippen LogP) is 4.55. The van der Waals surface area contributed by atoms with Crippen LogP contribution in [0.2, 0.25) is 5.02 Å². The van der Waals surface area contributed by atoms with Gasteiger partial charge in [0.2, 0.25) is 0 Å². The van der Waals surface area contributed by atoms with Gasteiger partial charge in [0, 0.05) is 29.6 Å². The number of amides is 1. The van der Waals surface area contributed by atoms with Crippen molar-refractivity contribution in [3.8, 4) is 0 Å². The molecule has 0 atom stereocenters. The molecule has 25 heavy (non-hydrogen) atoms. The number of anilines is 1. The first-order chi connectivity index (χ1) is 12.0. The fraction of sp³-hybridized carbons (Fsp3) is 0.0588. The molecule has 0 spiro atoms. The summed E-state index contributed by atoms with van der Waals surface area (Å²) in [5.74, 6) is -0.458. The molecule has 0 aliphatic carbocycles. The molecule has 0 saturated carbocycles. The van der Waals surface area contributed by atoms with Gasteiger partial charge in [0.15, 0.2) is 5.13 Å². The van der Waals surface area contributed by atoms with Crippen LogP contribution in [0.25, 0.3) is 0 Å². The Balaban J connectivity index is 1.70. The van der Waals surface area contributed by atoms with Crippen molar-refractivity contribution >= 4 is 39.7 Å². The number of carbonyl (C=O) groups excluding carboxylic acids is 1. The first-order valence-corrected chi connectivity index (χ1v) is 8.46. The number of non-ortho nitro benzene ring substituents is 1. The van der Waals surface area contributed by atoms with Crippen LogP contribution in [0.4, 0.5) is 10.8 Å². The van der Waals surface area contributed by atoms with Crippen LogP contribution in [-0.4, -0.2) is 15.8 Å². The van der Waals surface area contributed by atoms with Gasteiger partial charge in [0.25, 0.3) is 11.6 Å². The monoisotopic (exact) mass is 373 g/mol. The van der Waals surface area contributed by atoms with Crippen molar-refractivity contribution < 1.29 is 9.72 Å². The number of nitrogens with one attached hydrogen (secondary N) is 1. The van der Waals surface area contributed by atoms with Crippen molar-refractivity contribution in [3.63, 3.8) is 0 Å². The SMILES string of the molecule is O=C(Nc1ncc(Cc2ccccc2)s1)c1ccc([N+](=O)[O-])cc1Cl. The maximum Gasteiger partial charge on any atom is 0.270 e. The van der Waals surface area contributed by atoms with Gasteiger partial charge < -0.3 is 0 Å². The summed E-state index contributed by atoms with van der Waals surface area (Å²) in [6.07, 6.45) is 2.44. The molecule has 8 heteroatoms. The van der Waals surface area contributed by atoms with Crippen molar-refractivity contribution in [2.75, 3.05) is 5.32 Å². The van der Waals surface area contributed by atoms with Crippen molar-refractivity contribution in [2.24, 2.45) is 0 Å². The molecule has 0 aliphatic rings. The highest BCUT2D eigenvalue weighted by Crippen LogP contribution is 2.25. The maximum absolute atomic E-state index is 12.3. The number of thiazole rings is 1. The van der Waals surface area contributed by atoms with E-state index in [0.29, 0.717) is 5.13 Å². The summed E-state index contributed by atoms with van der Waals surface area (Å²) in [5, 5.41) is 13.9. The first kappa shape index (κ1) is 17.1. The predicted molar refractivity (Wildman–Crippen MR) is 97.4 cm³/mol. The van der Waals surface area contributed by atoms with Gasteiger partial charge in [-0.25, -0.2) is 4.98 Å². The Morgan fingerprint density at radius 2 is 2.00 bits per heavy atom. The van der Waals surface area contributed by atoms with E-state index >= 15 is 0 Å². The molecule has 0 aliphatic heterocycles. The van der Waals surface area contributed by atoms with Crippen LogP contribution in [0.5, 0.6) is 0 Å². The minimum absolute atomic E-state index is 0.0211. The molecule has 126 valence electrons. The Kier molecular flexibility index (Phi) is 5.06. The number of carbonyl (C=O) groups is 1. The third-order valence-electron chi connectivity index (χ3n) is 3.40. The van der Waals surface area contributed by atoms with E-state index in [-0.39, 0.29) is 16.3 Å². The van der Waals surface area contributed by atoms with Gasteiger partial charge in [-0.15, -0.1) is 11.3 Å². The number of halogens is 1. The Bertz CT molecular complexity index is 928. The lowest BCUT2D eigenvalue weighted by molar-refractivity contribution is -0.384. The summed E-state index contributed by atoms with van der Waals surface area (Å²) < 4.78 is 0. The lowest BCUT2D eigenvalue weighted by Crippen LogP contribution is -2.12. The highest BCUT2D eigenvalue weighted by molar-refractivity contribution is 7.15. The van der Waals surface area contributed by atoms with E-state index in [0.717, 1.165) is 22.9 Å². The average Bonchev–Trinajstić information content (AvgIpc) is 3.02. The van der Waals surface area contributed by atoms with Crippen molar-refractivity contribution in [2.45, 2.75) is 6.42 Å². The van der Waals surface area contributed by atoms with Crippen LogP contribution in [0.15, 0.2) is 54.7 Å². The summed E-state index contributed by atoms with van der Waals surface area (Å²) in [7, 11) is 0. The van der Waals surface area contributed by atoms with Gasteiger partial charge in [-0.1, -0.05) is 41.9 Å². The Morgan fingerprint density at radius 3 is 2.68 bits per heavy atom. The zero-order chi connectivity index (χ0) is 17.8. The fourth-order valence-corrected chi connectivity index (χ4v) is 3.31. The molecule has 0 radical (unpaired) electrons. The van der Waals surface area contributed by atoms with E-state index in [1.54, 1.807) is 6.20 Å². The number of nitro groups is 1. The number of aromatic nitrogens is 1. The van der Waals surface area contributed by atoms with E-state index in [9.17, 15) is 14.9 Å². The van der Waals surface area contributed by atoms with Crippen LogP contribution in [0.1, 0.15) is 20.8 Å². The quantitative estimate of drug-likeness (QED) is 0.525. The smallest absolute Gasteiger partial charge is 0.270 e. The second-order valence-electron chi connectivity index (χ2n) is 5.17. The Labute approximate surface area is 152 Å². The Hall–Kier alpha value is -2.77. The van der Waals surface area contributed by atoms with E-state index in [2.05, 4.69) is 10.3 Å². The number of hydrogen-bond acceptors (Lipinski definition) is 5. The van der Waals surface area contributed by atoms with Gasteiger partial charge in [-0.3, -0.25) is 20.2 Å². The van der Waals surface area contributed by atoms with Gasteiger partial charge in [-0.2, -0.15) is 0 Å². The lowest BCUT2D eigenvalue weighted by Gasteiger charge is -2.03. The molecule has 3 aromatic rings. The molecule has 0 unspecified atom stereocenters. The van der Waals surface area contributed by atoms with Crippen LogP contribution in [0, 0.1) is 10.1 Å². The second-order valence-corrected chi connectivity index (χ2v) is 6.69. The van der Waals surface area contributed by atoms with Crippen LogP contribution in [0.3, 0.4) is 0 Å². The van der Waals surface area contributed by atoms with Gasteiger partial charge in [-0.05, 0) is 11.6 Å². The van der Waals surface area contributed by atoms with Gasteiger partial charge >= 0.3 is 0 Å². The topological polar surface area (TPSA) is 85.1 Å². The minimum Gasteiger partial charge on any atom is -0.298 e. The number of benzene rings is 2. The van der Waals surface area contributed by atoms with E-state index in [1.807, 2.05) is 30.3 Å². The number of hydrogen-bond donors (Lipinski definition) is 1. The summed E-state index contributed by atoms with van der Waals surface area (Å²) in [6, 6.07) is 13.7. The molecule has 2 aromatic carbocycles. The summed E-state index contributed by atoms with van der Waals surface area (Å²) in [5.41, 5.74) is 1.15. The summed E-state index contributed by atoms with van der Waals surface area (Å²) in [6.45, 7) is 0. The normalized spacial score (nSPS) is 10.4. The van der Waals surface area contributed by atoms with Crippen LogP contribution >= 0.6 is 22.9 Å². The van der Waals surface area contributed by atoms with E-state index in [1.165, 1.54) is 23.5 Å². The van der Waals surface area contributed by atoms with Crippen molar-refractivity contribution in [1.82, 2.24) is 4.98 Å². The number of rotatable bonds is 5. The molecule has 1 heterocycles. The molecule has 0 fully saturated rings.